The second-order valence-corrected chi connectivity index (χ2v) is 5.94. The summed E-state index contributed by atoms with van der Waals surface area (Å²) < 4.78 is 43.3. The van der Waals surface area contributed by atoms with Crippen LogP contribution in [0.15, 0.2) is 0 Å². The van der Waals surface area contributed by atoms with Crippen molar-refractivity contribution in [1.29, 1.82) is 0 Å². The van der Waals surface area contributed by atoms with Crippen LogP contribution in [0.2, 0.25) is 0 Å². The number of hydrogen-bond acceptors (Lipinski definition) is 6. The lowest BCUT2D eigenvalue weighted by atomic mass is 9.89. The molecule has 0 N–H and O–H groups in total. The van der Waals surface area contributed by atoms with Crippen molar-refractivity contribution in [2.45, 2.75) is 12.6 Å². The first-order valence-electron chi connectivity index (χ1n) is 4.77. The van der Waals surface area contributed by atoms with Crippen LogP contribution in [-0.4, -0.2) is 60.9 Å². The van der Waals surface area contributed by atoms with Gasteiger partial charge in [0.15, 0.2) is 22.4 Å². The van der Waals surface area contributed by atoms with Crippen LogP contribution in [0.3, 0.4) is 0 Å². The number of ether oxygens (including phenoxy) is 4. The van der Waals surface area contributed by atoms with Gasteiger partial charge in [0.05, 0.1) is 16.9 Å². The van der Waals surface area contributed by atoms with Crippen LogP contribution in [0, 0.1) is 5.41 Å². The van der Waals surface area contributed by atoms with Crippen LogP contribution in [0.5, 0.6) is 0 Å². The smallest absolute Gasteiger partial charge is 0.169 e. The zero-order valence-electron chi connectivity index (χ0n) is 9.93. The Hall–Kier alpha value is -0.210. The molecular formula is C9H18O6S. The predicted molar refractivity (Wildman–Crippen MR) is 56.7 cm³/mol. The Kier molecular flexibility index (Phi) is 4.30. The molecule has 0 aliphatic carbocycles. The third-order valence-electron chi connectivity index (χ3n) is 2.77. The molecule has 96 valence electrons. The molecule has 1 aliphatic rings. The summed E-state index contributed by atoms with van der Waals surface area (Å²) in [6.07, 6.45) is -1.33. The molecule has 0 aromatic carbocycles. The maximum Gasteiger partial charge on any atom is 0.169 e. The summed E-state index contributed by atoms with van der Waals surface area (Å²) in [4.78, 5) is 0. The molecule has 1 aliphatic heterocycles. The summed E-state index contributed by atoms with van der Waals surface area (Å²) in [5.41, 5.74) is -0.786. The van der Waals surface area contributed by atoms with Gasteiger partial charge in [-0.05, 0) is 0 Å². The van der Waals surface area contributed by atoms with Crippen molar-refractivity contribution in [3.8, 4) is 0 Å². The number of rotatable bonds is 6. The van der Waals surface area contributed by atoms with E-state index in [-0.39, 0.29) is 11.5 Å². The van der Waals surface area contributed by atoms with Crippen LogP contribution in [-0.2, 0) is 28.8 Å². The number of sulfone groups is 1. The van der Waals surface area contributed by atoms with Gasteiger partial charge < -0.3 is 18.9 Å². The van der Waals surface area contributed by atoms with Crippen LogP contribution >= 0.6 is 0 Å². The summed E-state index contributed by atoms with van der Waals surface area (Å²) in [7, 11) is 2.81. The Morgan fingerprint density at radius 3 is 1.38 bits per heavy atom. The summed E-state index contributed by atoms with van der Waals surface area (Å²) in [5.74, 6) is -0.114. The van der Waals surface area contributed by atoms with Gasteiger partial charge in [-0.1, -0.05) is 0 Å². The van der Waals surface area contributed by atoms with Crippen molar-refractivity contribution in [3.05, 3.63) is 0 Å². The van der Waals surface area contributed by atoms with Crippen molar-refractivity contribution >= 4 is 9.84 Å². The van der Waals surface area contributed by atoms with Crippen LogP contribution in [0.4, 0.5) is 0 Å². The molecule has 0 spiro atoms. The van der Waals surface area contributed by atoms with E-state index in [4.69, 9.17) is 18.9 Å². The van der Waals surface area contributed by atoms with Crippen LogP contribution in [0.1, 0.15) is 0 Å². The number of methoxy groups -OCH3 is 4. The van der Waals surface area contributed by atoms with E-state index in [1.54, 1.807) is 0 Å². The van der Waals surface area contributed by atoms with E-state index in [2.05, 4.69) is 0 Å². The third kappa shape index (κ3) is 2.23. The van der Waals surface area contributed by atoms with Gasteiger partial charge in [0.25, 0.3) is 0 Å². The summed E-state index contributed by atoms with van der Waals surface area (Å²) in [6, 6.07) is 0. The van der Waals surface area contributed by atoms with E-state index in [0.29, 0.717) is 0 Å². The average molecular weight is 254 g/mol. The maximum absolute atomic E-state index is 11.4. The van der Waals surface area contributed by atoms with E-state index in [9.17, 15) is 8.42 Å². The molecule has 0 aromatic rings. The molecule has 0 atom stereocenters. The number of hydrogen-bond donors (Lipinski definition) is 0. The van der Waals surface area contributed by atoms with Crippen molar-refractivity contribution in [2.24, 2.45) is 5.41 Å². The Morgan fingerprint density at radius 1 is 0.875 bits per heavy atom. The molecule has 1 heterocycles. The largest absolute Gasteiger partial charge is 0.355 e. The van der Waals surface area contributed by atoms with E-state index in [1.807, 2.05) is 0 Å². The second kappa shape index (κ2) is 4.97. The van der Waals surface area contributed by atoms with Gasteiger partial charge in [-0.2, -0.15) is 0 Å². The minimum Gasteiger partial charge on any atom is -0.355 e. The lowest BCUT2D eigenvalue weighted by molar-refractivity contribution is -0.260. The fourth-order valence-corrected chi connectivity index (χ4v) is 4.39. The molecule has 7 heteroatoms. The first-order valence-corrected chi connectivity index (χ1v) is 6.59. The molecule has 0 saturated carbocycles. The van der Waals surface area contributed by atoms with Crippen molar-refractivity contribution in [2.75, 3.05) is 39.9 Å². The Morgan fingerprint density at radius 2 is 1.19 bits per heavy atom. The molecule has 16 heavy (non-hydrogen) atoms. The molecule has 0 unspecified atom stereocenters. The Balaban J connectivity index is 2.95. The zero-order valence-corrected chi connectivity index (χ0v) is 10.7. The average Bonchev–Trinajstić information content (AvgIpc) is 2.18. The molecule has 1 saturated heterocycles. The Bertz CT molecular complexity index is 291. The van der Waals surface area contributed by atoms with Gasteiger partial charge >= 0.3 is 0 Å². The molecule has 1 rings (SSSR count). The summed E-state index contributed by atoms with van der Waals surface area (Å²) in [6.45, 7) is 0. The van der Waals surface area contributed by atoms with Crippen LogP contribution in [0.25, 0.3) is 0 Å². The monoisotopic (exact) mass is 254 g/mol. The Labute approximate surface area is 95.7 Å². The highest BCUT2D eigenvalue weighted by Crippen LogP contribution is 2.42. The van der Waals surface area contributed by atoms with Gasteiger partial charge in [-0.3, -0.25) is 0 Å². The van der Waals surface area contributed by atoms with E-state index >= 15 is 0 Å². The highest BCUT2D eigenvalue weighted by molar-refractivity contribution is 7.92. The topological polar surface area (TPSA) is 71.1 Å². The molecule has 1 fully saturated rings. The fraction of sp³-hybridized carbons (Fsp3) is 1.00. The summed E-state index contributed by atoms with van der Waals surface area (Å²) in [5, 5.41) is 0. The predicted octanol–water partition coefficient (Wildman–Crippen LogP) is -0.361. The normalized spacial score (nSPS) is 22.4. The lowest BCUT2D eigenvalue weighted by Gasteiger charge is -2.47. The van der Waals surface area contributed by atoms with Gasteiger partial charge in [0.2, 0.25) is 0 Å². The van der Waals surface area contributed by atoms with Gasteiger partial charge in [0, 0.05) is 28.4 Å². The standard InChI is InChI=1S/C9H18O6S/c1-12-7(13-2)9(8(14-3)15-4)5-16(10,11)6-9/h7-8H,5-6H2,1-4H3. The SMILES string of the molecule is COC(OC)C1(C(OC)OC)CS(=O)(=O)C1. The fourth-order valence-electron chi connectivity index (χ4n) is 2.29. The first-order chi connectivity index (χ1) is 7.45. The summed E-state index contributed by atoms with van der Waals surface area (Å²) >= 11 is 0. The molecule has 0 amide bonds. The molecule has 0 bridgehead atoms. The molecule has 0 aromatic heterocycles. The van der Waals surface area contributed by atoms with Crippen molar-refractivity contribution in [1.82, 2.24) is 0 Å². The second-order valence-electron chi connectivity index (χ2n) is 3.87. The molecule has 0 radical (unpaired) electrons. The minimum absolute atomic E-state index is 0.0569. The van der Waals surface area contributed by atoms with Crippen molar-refractivity contribution in [3.63, 3.8) is 0 Å². The third-order valence-corrected chi connectivity index (χ3v) is 4.73. The van der Waals surface area contributed by atoms with Crippen molar-refractivity contribution < 1.29 is 27.4 Å². The highest BCUT2D eigenvalue weighted by atomic mass is 32.2. The van der Waals surface area contributed by atoms with E-state index < -0.39 is 27.8 Å². The quantitative estimate of drug-likeness (QED) is 0.603. The van der Waals surface area contributed by atoms with E-state index in [0.717, 1.165) is 0 Å². The lowest BCUT2D eigenvalue weighted by Crippen LogP contribution is -2.64. The minimum atomic E-state index is -3.04. The first kappa shape index (κ1) is 13.9. The highest BCUT2D eigenvalue weighted by Gasteiger charge is 2.60. The van der Waals surface area contributed by atoms with Crippen LogP contribution < -0.4 is 0 Å². The zero-order chi connectivity index (χ0) is 12.4. The van der Waals surface area contributed by atoms with Gasteiger partial charge in [-0.15, -0.1) is 0 Å². The molecular weight excluding hydrogens is 236 g/mol. The molecule has 6 nitrogen and oxygen atoms in total. The van der Waals surface area contributed by atoms with Gasteiger partial charge in [-0.25, -0.2) is 8.42 Å². The maximum atomic E-state index is 11.4. The van der Waals surface area contributed by atoms with Gasteiger partial charge in [0.1, 0.15) is 0 Å². The van der Waals surface area contributed by atoms with E-state index in [1.165, 1.54) is 28.4 Å².